The van der Waals surface area contributed by atoms with E-state index < -0.39 is 18.1 Å². The molecule has 3 atom stereocenters. The molecule has 0 aliphatic rings. The van der Waals surface area contributed by atoms with Crippen molar-refractivity contribution >= 4 is 231 Å². The molecule has 3 unspecified atom stereocenters. The predicted molar refractivity (Wildman–Crippen MR) is 557 cm³/mol. The van der Waals surface area contributed by atoms with Gasteiger partial charge in [-0.2, -0.15) is 0 Å². The highest BCUT2D eigenvalue weighted by Gasteiger charge is 2.31. The fourth-order valence-electron chi connectivity index (χ4n) is 19.1. The molecule has 0 aliphatic carbocycles. The quantitative estimate of drug-likeness (QED) is 0.0690. The van der Waals surface area contributed by atoms with Crippen LogP contribution in [0.5, 0.6) is 0 Å². The zero-order valence-corrected chi connectivity index (χ0v) is 73.6. The van der Waals surface area contributed by atoms with Crippen LogP contribution in [-0.4, -0.2) is 15.0 Å². The van der Waals surface area contributed by atoms with E-state index in [1.807, 2.05) is 36.8 Å². The molecule has 9 heteroatoms. The van der Waals surface area contributed by atoms with Crippen LogP contribution in [0.2, 0.25) is 0 Å². The van der Waals surface area contributed by atoms with Crippen LogP contribution in [0.1, 0.15) is 0 Å². The molecule has 0 radical (unpaired) electrons. The highest BCUT2D eigenvalue weighted by atomic mass is 32.4. The number of benzene rings is 21. The molecule has 0 saturated heterocycles. The van der Waals surface area contributed by atoms with E-state index >= 15 is 0 Å². The van der Waals surface area contributed by atoms with E-state index in [0.717, 1.165) is 32.7 Å². The number of pyridine rings is 3. The van der Waals surface area contributed by atoms with E-state index in [1.165, 1.54) is 178 Å². The molecular weight excluding hydrogens is 1640 g/mol. The highest BCUT2D eigenvalue weighted by molar-refractivity contribution is 8.26. The molecule has 24 rings (SSSR count). The van der Waals surface area contributed by atoms with Crippen molar-refractivity contribution in [2.75, 3.05) is 0 Å². The SMILES string of the molecule is S=P(c1ccccc1)(c1ccc(-c2c3cccnc3cc3c2ccc2ccccc23)cc1)c1cccc2ccccc12.S=P(c1ccccc1)(c1ccc(-c2cc3c4ccccc4ccc3c3ncccc23)cc1)c1cccc2ccccc12.S=P(c1ccccc1)(c1ccc(-c2cc3cccnc3c3c2ccc2ccccc23)cc1)c1cccc2ccccc12. The van der Waals surface area contributed by atoms with Crippen LogP contribution in [0.15, 0.2) is 474 Å². The molecule has 0 amide bonds. The largest absolute Gasteiger partial charge is 0.256 e. The Bertz CT molecular complexity index is 8300. The first kappa shape index (κ1) is 78.1. The van der Waals surface area contributed by atoms with Gasteiger partial charge in [-0.1, -0.05) is 454 Å². The molecule has 3 heterocycles. The number of hydrogen-bond donors (Lipinski definition) is 0. The van der Waals surface area contributed by atoms with Gasteiger partial charge in [0.25, 0.3) is 0 Å². The van der Waals surface area contributed by atoms with Gasteiger partial charge in [0.2, 0.25) is 0 Å². The number of hydrogen-bond acceptors (Lipinski definition) is 6. The van der Waals surface area contributed by atoms with Crippen LogP contribution in [0.3, 0.4) is 0 Å². The van der Waals surface area contributed by atoms with Crippen LogP contribution in [0.25, 0.3) is 163 Å². The molecule has 126 heavy (non-hydrogen) atoms. The minimum absolute atomic E-state index is 1.01. The van der Waals surface area contributed by atoms with Gasteiger partial charge in [-0.25, -0.2) is 0 Å². The van der Waals surface area contributed by atoms with Gasteiger partial charge in [0.05, 0.1) is 16.6 Å². The minimum Gasteiger partial charge on any atom is -0.256 e. The fourth-order valence-corrected chi connectivity index (χ4v) is 31.3. The molecule has 0 spiro atoms. The van der Waals surface area contributed by atoms with Crippen LogP contribution in [-0.2, 0) is 35.4 Å². The molecule has 0 aliphatic heterocycles. The fraction of sp³-hybridized carbons (Fsp3) is 0. The van der Waals surface area contributed by atoms with Crippen LogP contribution in [0.4, 0.5) is 0 Å². The Morgan fingerprint density at radius 1 is 0.175 bits per heavy atom. The van der Waals surface area contributed by atoms with E-state index in [0.29, 0.717) is 0 Å². The standard InChI is InChI=1S/3C39H26NPS/c42-41(30-13-2-1-3-14-30,38-18-8-12-27-10-5-7-16-33(27)38)31-22-19-29(20-23-31)39-34-24-21-28-11-4-6-15-32(28)36(34)26-37-35(39)17-9-25-40-37;42-41(30-13-2-1-3-14-30,38-18-8-12-27-10-5-7-16-33(27)38)31-22-19-29(20-23-31)36-26-37-32-15-6-4-11-28(32)21-24-35(37)39-34(36)17-9-25-40-39;42-41(31-14-2-1-3-15-31,37-18-8-12-27-10-4-6-16-33(27)37)32-22-19-29(20-23-32)36-26-30-13-9-25-40-39(30)38-34-17-7-5-11-28(34)21-24-35(36)38/h3*1-26H. The maximum atomic E-state index is 6.80. The van der Waals surface area contributed by atoms with Crippen molar-refractivity contribution < 1.29 is 0 Å². The molecule has 3 aromatic heterocycles. The number of aromatic nitrogens is 3. The van der Waals surface area contributed by atoms with Crippen molar-refractivity contribution in [2.24, 2.45) is 0 Å². The summed E-state index contributed by atoms with van der Waals surface area (Å²) in [5.41, 5.74) is 10.2. The van der Waals surface area contributed by atoms with Gasteiger partial charge in [0.15, 0.2) is 0 Å². The van der Waals surface area contributed by atoms with E-state index in [4.69, 9.17) is 50.4 Å². The normalized spacial score (nSPS) is 13.0. The Kier molecular flexibility index (Phi) is 20.5. The molecular formula is C117H78N3P3S3. The Hall–Kier alpha value is -13.9. The summed E-state index contributed by atoms with van der Waals surface area (Å²) < 4.78 is 0. The first-order chi connectivity index (χ1) is 62.1. The lowest BCUT2D eigenvalue weighted by Crippen LogP contribution is -2.25. The third-order valence-electron chi connectivity index (χ3n) is 25.1. The van der Waals surface area contributed by atoms with Crippen molar-refractivity contribution in [1.29, 1.82) is 0 Å². The van der Waals surface area contributed by atoms with E-state index in [-0.39, 0.29) is 0 Å². The Balaban J connectivity index is 0.000000112. The van der Waals surface area contributed by atoms with Crippen molar-refractivity contribution in [1.82, 2.24) is 15.0 Å². The molecule has 21 aromatic carbocycles. The summed E-state index contributed by atoms with van der Waals surface area (Å²) in [6.45, 7) is 0. The van der Waals surface area contributed by atoms with E-state index in [2.05, 4.69) is 437 Å². The molecule has 24 aromatic rings. The molecule has 3 nitrogen and oxygen atoms in total. The van der Waals surface area contributed by atoms with Crippen LogP contribution in [0, 0.1) is 0 Å². The Labute approximate surface area is 746 Å². The number of fused-ring (bicyclic) bond motifs is 17. The molecule has 0 N–H and O–H groups in total. The van der Waals surface area contributed by atoms with E-state index in [1.54, 1.807) is 0 Å². The smallest absolute Gasteiger partial charge is 0.0786 e. The summed E-state index contributed by atoms with van der Waals surface area (Å²) in [5.74, 6) is 0. The van der Waals surface area contributed by atoms with Crippen LogP contribution >= 0.6 is 18.1 Å². The maximum absolute atomic E-state index is 6.80. The summed E-state index contributed by atoms with van der Waals surface area (Å²) in [4.78, 5) is 14.5. The van der Waals surface area contributed by atoms with Crippen molar-refractivity contribution in [2.45, 2.75) is 0 Å². The zero-order chi connectivity index (χ0) is 84.3. The summed E-state index contributed by atoms with van der Waals surface area (Å²) in [6, 6.07) is 156. The second-order valence-electron chi connectivity index (χ2n) is 32.1. The lowest BCUT2D eigenvalue weighted by molar-refractivity contribution is 1.42. The lowest BCUT2D eigenvalue weighted by Gasteiger charge is -2.26. The van der Waals surface area contributed by atoms with Crippen molar-refractivity contribution in [3.05, 3.63) is 474 Å². The second kappa shape index (κ2) is 33.0. The summed E-state index contributed by atoms with van der Waals surface area (Å²) in [5, 5.41) is 36.4. The third-order valence-corrected chi connectivity index (χ3v) is 40.0. The van der Waals surface area contributed by atoms with Gasteiger partial charge in [-0.3, -0.25) is 15.0 Å². The summed E-state index contributed by atoms with van der Waals surface area (Å²) in [6.07, 6.45) is 5.66. The van der Waals surface area contributed by atoms with Gasteiger partial charge in [0, 0.05) is 79.5 Å². The average molecular weight is 1720 g/mol. The van der Waals surface area contributed by atoms with Gasteiger partial charge in [-0.05, 0) is 188 Å². The van der Waals surface area contributed by atoms with Gasteiger partial charge < -0.3 is 0 Å². The molecule has 594 valence electrons. The van der Waals surface area contributed by atoms with Crippen molar-refractivity contribution in [3.63, 3.8) is 0 Å². The van der Waals surface area contributed by atoms with E-state index in [9.17, 15) is 0 Å². The lowest BCUT2D eigenvalue weighted by atomic mass is 9.91. The summed E-state index contributed by atoms with van der Waals surface area (Å²) >= 11 is 20.4. The van der Waals surface area contributed by atoms with Gasteiger partial charge in [-0.15, -0.1) is 0 Å². The number of nitrogens with zero attached hydrogens (tertiary/aromatic N) is 3. The minimum atomic E-state index is -2.34. The van der Waals surface area contributed by atoms with Gasteiger partial charge in [0.1, 0.15) is 0 Å². The zero-order valence-electron chi connectivity index (χ0n) is 68.4. The first-order valence-electron chi connectivity index (χ1n) is 42.5. The highest BCUT2D eigenvalue weighted by Crippen LogP contribution is 2.51. The van der Waals surface area contributed by atoms with Crippen molar-refractivity contribution in [3.8, 4) is 33.4 Å². The summed E-state index contributed by atoms with van der Waals surface area (Å²) in [7, 11) is 0. The topological polar surface area (TPSA) is 38.7 Å². The third kappa shape index (κ3) is 13.6. The molecule has 0 saturated carbocycles. The van der Waals surface area contributed by atoms with Crippen LogP contribution < -0.4 is 47.7 Å². The molecule has 0 fully saturated rings. The van der Waals surface area contributed by atoms with Gasteiger partial charge >= 0.3 is 0 Å². The second-order valence-corrected chi connectivity index (χ2v) is 45.2. The number of rotatable bonds is 12. The Morgan fingerprint density at radius 2 is 0.492 bits per heavy atom. The average Bonchev–Trinajstić information content (AvgIpc) is 0.746. The first-order valence-corrected chi connectivity index (χ1v) is 50.9. The monoisotopic (exact) mass is 1710 g/mol. The molecule has 0 bridgehead atoms. The maximum Gasteiger partial charge on any atom is 0.0786 e. The predicted octanol–water partition coefficient (Wildman–Crippen LogP) is 27.4. The Morgan fingerprint density at radius 3 is 0.960 bits per heavy atom.